The maximum Gasteiger partial charge on any atom is 0.243 e. The van der Waals surface area contributed by atoms with Crippen LogP contribution in [0.3, 0.4) is 0 Å². The van der Waals surface area contributed by atoms with Crippen LogP contribution in [0.1, 0.15) is 12.8 Å². The summed E-state index contributed by atoms with van der Waals surface area (Å²) in [6.07, 6.45) is 7.58. The van der Waals surface area contributed by atoms with Crippen molar-refractivity contribution in [1.82, 2.24) is 5.32 Å². The molecule has 0 aromatic rings. The molecule has 1 fully saturated rings. The first-order chi connectivity index (χ1) is 6.36. The molecule has 0 bridgehead atoms. The number of carbonyl (C=O) groups excluding carboxylic acids is 1. The standard InChI is InChI=1S/C10H14NO2/c12-10-3-1-2-9(11-10)8-4-6-13-7-5-8/h1-3,8-9H,4-7H2,(H,11,12). The molecule has 1 N–H and O–H groups in total. The van der Waals surface area contributed by atoms with Gasteiger partial charge in [0.05, 0.1) is 0 Å². The highest BCUT2D eigenvalue weighted by Crippen LogP contribution is 2.21. The lowest BCUT2D eigenvalue weighted by Gasteiger charge is -2.31. The Balaban J connectivity index is 1.92. The Labute approximate surface area is 78.1 Å². The van der Waals surface area contributed by atoms with E-state index in [1.807, 2.05) is 6.08 Å². The monoisotopic (exact) mass is 180 g/mol. The van der Waals surface area contributed by atoms with Crippen LogP contribution in [0.2, 0.25) is 0 Å². The first kappa shape index (κ1) is 8.75. The molecule has 0 aromatic heterocycles. The Morgan fingerprint density at radius 2 is 2.15 bits per heavy atom. The van der Waals surface area contributed by atoms with E-state index >= 15 is 0 Å². The molecule has 1 radical (unpaired) electrons. The van der Waals surface area contributed by atoms with E-state index in [2.05, 4.69) is 11.7 Å². The molecule has 2 aliphatic heterocycles. The van der Waals surface area contributed by atoms with Gasteiger partial charge in [0.15, 0.2) is 0 Å². The molecule has 1 amide bonds. The van der Waals surface area contributed by atoms with Gasteiger partial charge in [0.2, 0.25) is 5.91 Å². The van der Waals surface area contributed by atoms with E-state index < -0.39 is 0 Å². The maximum absolute atomic E-state index is 11.1. The second-order valence-corrected chi connectivity index (χ2v) is 3.54. The number of amides is 1. The molecule has 1 atom stereocenters. The normalized spacial score (nSPS) is 30.2. The third-order valence-electron chi connectivity index (χ3n) is 2.65. The first-order valence-electron chi connectivity index (χ1n) is 4.76. The zero-order valence-corrected chi connectivity index (χ0v) is 7.53. The summed E-state index contributed by atoms with van der Waals surface area (Å²) in [7, 11) is 0. The predicted octanol–water partition coefficient (Wildman–Crippen LogP) is 0.672. The van der Waals surface area contributed by atoms with Crippen LogP contribution in [0, 0.1) is 12.3 Å². The maximum atomic E-state index is 11.1. The van der Waals surface area contributed by atoms with Gasteiger partial charge in [-0.15, -0.1) is 0 Å². The molecule has 0 aromatic carbocycles. The van der Waals surface area contributed by atoms with Crippen LogP contribution < -0.4 is 5.32 Å². The van der Waals surface area contributed by atoms with Crippen molar-refractivity contribution in [2.45, 2.75) is 18.9 Å². The quantitative estimate of drug-likeness (QED) is 0.644. The number of ether oxygens (including phenoxy) is 1. The molecule has 2 rings (SSSR count). The second kappa shape index (κ2) is 3.92. The average Bonchev–Trinajstić information content (AvgIpc) is 2.19. The van der Waals surface area contributed by atoms with E-state index in [1.54, 1.807) is 6.08 Å². The Morgan fingerprint density at radius 1 is 1.38 bits per heavy atom. The fraction of sp³-hybridized carbons (Fsp3) is 0.600. The minimum absolute atomic E-state index is 0.0268. The van der Waals surface area contributed by atoms with Crippen molar-refractivity contribution in [3.05, 3.63) is 18.6 Å². The van der Waals surface area contributed by atoms with E-state index in [4.69, 9.17) is 4.74 Å². The molecule has 2 aliphatic rings. The third kappa shape index (κ3) is 2.10. The van der Waals surface area contributed by atoms with Gasteiger partial charge in [0.25, 0.3) is 0 Å². The van der Waals surface area contributed by atoms with Crippen molar-refractivity contribution in [3.8, 4) is 0 Å². The summed E-state index contributed by atoms with van der Waals surface area (Å²) in [6, 6.07) is 0.224. The lowest BCUT2D eigenvalue weighted by molar-refractivity contribution is -0.117. The molecule has 1 unspecified atom stereocenters. The van der Waals surface area contributed by atoms with Gasteiger partial charge in [-0.1, -0.05) is 6.08 Å². The Kier molecular flexibility index (Phi) is 2.64. The third-order valence-corrected chi connectivity index (χ3v) is 2.65. The van der Waals surface area contributed by atoms with Crippen LogP contribution in [-0.2, 0) is 9.53 Å². The number of nitrogens with one attached hydrogen (secondary N) is 1. The van der Waals surface area contributed by atoms with Crippen LogP contribution in [0.25, 0.3) is 0 Å². The van der Waals surface area contributed by atoms with Crippen LogP contribution in [0.15, 0.2) is 12.2 Å². The van der Waals surface area contributed by atoms with Gasteiger partial charge in [0.1, 0.15) is 0 Å². The molecular formula is C10H14NO2. The van der Waals surface area contributed by atoms with Crippen molar-refractivity contribution in [2.24, 2.45) is 5.92 Å². The zero-order chi connectivity index (χ0) is 9.10. The van der Waals surface area contributed by atoms with Gasteiger partial charge in [0, 0.05) is 25.7 Å². The topological polar surface area (TPSA) is 38.3 Å². The summed E-state index contributed by atoms with van der Waals surface area (Å²) < 4.78 is 5.27. The van der Waals surface area contributed by atoms with E-state index in [0.29, 0.717) is 5.92 Å². The Bertz CT molecular complexity index is 219. The molecule has 13 heavy (non-hydrogen) atoms. The molecule has 0 saturated carbocycles. The minimum Gasteiger partial charge on any atom is -0.381 e. The number of hydrogen-bond donors (Lipinski definition) is 1. The highest BCUT2D eigenvalue weighted by Gasteiger charge is 2.25. The van der Waals surface area contributed by atoms with Crippen molar-refractivity contribution in [1.29, 1.82) is 0 Å². The van der Waals surface area contributed by atoms with Gasteiger partial charge in [-0.2, -0.15) is 0 Å². The van der Waals surface area contributed by atoms with Crippen molar-refractivity contribution >= 4 is 5.91 Å². The molecular weight excluding hydrogens is 166 g/mol. The first-order valence-corrected chi connectivity index (χ1v) is 4.76. The van der Waals surface area contributed by atoms with Crippen LogP contribution in [0.5, 0.6) is 0 Å². The molecule has 3 heteroatoms. The zero-order valence-electron chi connectivity index (χ0n) is 7.53. The summed E-state index contributed by atoms with van der Waals surface area (Å²) in [5.74, 6) is 0.585. The molecule has 2 heterocycles. The van der Waals surface area contributed by atoms with Gasteiger partial charge >= 0.3 is 0 Å². The largest absolute Gasteiger partial charge is 0.381 e. The van der Waals surface area contributed by atoms with Crippen LogP contribution in [0.4, 0.5) is 0 Å². The molecule has 0 spiro atoms. The summed E-state index contributed by atoms with van der Waals surface area (Å²) in [6.45, 7) is 1.66. The molecule has 71 valence electrons. The molecule has 3 nitrogen and oxygen atoms in total. The van der Waals surface area contributed by atoms with Gasteiger partial charge in [-0.05, 0) is 24.8 Å². The second-order valence-electron chi connectivity index (χ2n) is 3.54. The summed E-state index contributed by atoms with van der Waals surface area (Å²) in [5, 5.41) is 2.95. The summed E-state index contributed by atoms with van der Waals surface area (Å²) in [4.78, 5) is 11.1. The average molecular weight is 180 g/mol. The van der Waals surface area contributed by atoms with Gasteiger partial charge in [-0.3, -0.25) is 4.79 Å². The number of rotatable bonds is 1. The van der Waals surface area contributed by atoms with Gasteiger partial charge < -0.3 is 10.1 Å². The Morgan fingerprint density at radius 3 is 2.85 bits per heavy atom. The number of carbonyl (C=O) groups is 1. The van der Waals surface area contributed by atoms with Crippen molar-refractivity contribution in [2.75, 3.05) is 13.2 Å². The molecule has 0 aliphatic carbocycles. The fourth-order valence-corrected chi connectivity index (χ4v) is 1.87. The van der Waals surface area contributed by atoms with E-state index in [0.717, 1.165) is 26.1 Å². The van der Waals surface area contributed by atoms with Crippen molar-refractivity contribution in [3.63, 3.8) is 0 Å². The molecule has 1 saturated heterocycles. The predicted molar refractivity (Wildman–Crippen MR) is 48.9 cm³/mol. The minimum atomic E-state index is 0.0268. The SMILES string of the molecule is O=C1C=C[CH]C(C2CCOCC2)N1. The lowest BCUT2D eigenvalue weighted by atomic mass is 9.88. The van der Waals surface area contributed by atoms with Crippen LogP contribution >= 0.6 is 0 Å². The van der Waals surface area contributed by atoms with E-state index in [-0.39, 0.29) is 11.9 Å². The van der Waals surface area contributed by atoms with Gasteiger partial charge in [-0.25, -0.2) is 0 Å². The summed E-state index contributed by atoms with van der Waals surface area (Å²) >= 11 is 0. The van der Waals surface area contributed by atoms with E-state index in [1.165, 1.54) is 0 Å². The highest BCUT2D eigenvalue weighted by molar-refractivity contribution is 5.89. The van der Waals surface area contributed by atoms with Crippen LogP contribution in [-0.4, -0.2) is 25.2 Å². The fourth-order valence-electron chi connectivity index (χ4n) is 1.87. The number of hydrogen-bond acceptors (Lipinski definition) is 2. The Hall–Kier alpha value is -0.830. The highest BCUT2D eigenvalue weighted by atomic mass is 16.5. The van der Waals surface area contributed by atoms with Crippen molar-refractivity contribution < 1.29 is 9.53 Å². The smallest absolute Gasteiger partial charge is 0.243 e. The summed E-state index contributed by atoms with van der Waals surface area (Å²) in [5.41, 5.74) is 0. The van der Waals surface area contributed by atoms with E-state index in [9.17, 15) is 4.79 Å². The lowest BCUT2D eigenvalue weighted by Crippen LogP contribution is -2.43.